The average Bonchev–Trinajstić information content (AvgIpc) is 2.58. The van der Waals surface area contributed by atoms with Crippen LogP contribution in [-0.4, -0.2) is 15.9 Å². The molecule has 2 N–H and O–H groups in total. The van der Waals surface area contributed by atoms with E-state index in [-0.39, 0.29) is 17.5 Å². The molecule has 3 aromatic rings. The molecule has 1 heterocycles. The number of hydrogen-bond acceptors (Lipinski definition) is 4. The van der Waals surface area contributed by atoms with Crippen LogP contribution in [0.3, 0.4) is 0 Å². The molecule has 0 saturated carbocycles. The van der Waals surface area contributed by atoms with Crippen molar-refractivity contribution in [2.24, 2.45) is 0 Å². The largest absolute Gasteiger partial charge is 0.323 e. The molecule has 0 radical (unpaired) electrons. The Morgan fingerprint density at radius 3 is 2.54 bits per heavy atom. The first-order valence-electron chi connectivity index (χ1n) is 7.87. The van der Waals surface area contributed by atoms with Crippen LogP contribution in [0.15, 0.2) is 48.5 Å². The molecule has 0 aliphatic rings. The maximum Gasteiger partial charge on any atom is 0.274 e. The first-order chi connectivity index (χ1) is 12.4. The molecule has 7 heteroatoms. The van der Waals surface area contributed by atoms with Gasteiger partial charge in [-0.1, -0.05) is 41.4 Å². The van der Waals surface area contributed by atoms with Crippen molar-refractivity contribution in [2.45, 2.75) is 13.8 Å². The van der Waals surface area contributed by atoms with E-state index in [4.69, 9.17) is 23.2 Å². The van der Waals surface area contributed by atoms with E-state index in [9.17, 15) is 4.79 Å². The lowest BCUT2D eigenvalue weighted by Crippen LogP contribution is -2.15. The molecule has 5 nitrogen and oxygen atoms in total. The Morgan fingerprint density at radius 1 is 1.00 bits per heavy atom. The van der Waals surface area contributed by atoms with E-state index in [2.05, 4.69) is 20.6 Å². The summed E-state index contributed by atoms with van der Waals surface area (Å²) < 4.78 is 0. The summed E-state index contributed by atoms with van der Waals surface area (Å²) in [5.74, 6) is -0.0510. The van der Waals surface area contributed by atoms with Crippen LogP contribution in [0.2, 0.25) is 10.0 Å². The molecule has 2 aromatic carbocycles. The third-order valence-electron chi connectivity index (χ3n) is 3.56. The van der Waals surface area contributed by atoms with Crippen molar-refractivity contribution < 1.29 is 4.79 Å². The number of benzene rings is 2. The summed E-state index contributed by atoms with van der Waals surface area (Å²) in [4.78, 5) is 21.1. The van der Waals surface area contributed by atoms with Crippen molar-refractivity contribution >= 4 is 46.4 Å². The maximum atomic E-state index is 12.5. The fourth-order valence-corrected chi connectivity index (χ4v) is 2.73. The maximum absolute atomic E-state index is 12.5. The van der Waals surface area contributed by atoms with Gasteiger partial charge in [0, 0.05) is 11.4 Å². The van der Waals surface area contributed by atoms with Crippen LogP contribution in [0, 0.1) is 13.8 Å². The summed E-state index contributed by atoms with van der Waals surface area (Å²) in [5.41, 5.74) is 3.22. The lowest BCUT2D eigenvalue weighted by Gasteiger charge is -2.10. The van der Waals surface area contributed by atoms with E-state index in [0.29, 0.717) is 27.1 Å². The van der Waals surface area contributed by atoms with E-state index in [1.165, 1.54) is 0 Å². The third-order valence-corrected chi connectivity index (χ3v) is 4.38. The molecular formula is C19H16Cl2N4O. The number of halogens is 2. The number of nitrogens with one attached hydrogen (secondary N) is 2. The zero-order valence-corrected chi connectivity index (χ0v) is 15.7. The molecule has 0 fully saturated rings. The summed E-state index contributed by atoms with van der Waals surface area (Å²) in [5, 5.41) is 6.62. The van der Waals surface area contributed by atoms with Crippen LogP contribution in [0.25, 0.3) is 0 Å². The summed E-state index contributed by atoms with van der Waals surface area (Å²) in [6.07, 6.45) is 0. The van der Waals surface area contributed by atoms with Crippen molar-refractivity contribution in [3.63, 3.8) is 0 Å². The van der Waals surface area contributed by atoms with Gasteiger partial charge in [0.15, 0.2) is 0 Å². The second-order valence-electron chi connectivity index (χ2n) is 5.77. The first kappa shape index (κ1) is 18.2. The lowest BCUT2D eigenvalue weighted by molar-refractivity contribution is 0.102. The number of carbonyl (C=O) groups excluding carboxylic acids is 1. The van der Waals surface area contributed by atoms with Gasteiger partial charge in [0.2, 0.25) is 5.95 Å². The summed E-state index contributed by atoms with van der Waals surface area (Å²) in [7, 11) is 0. The van der Waals surface area contributed by atoms with E-state index < -0.39 is 0 Å². The highest BCUT2D eigenvalue weighted by Crippen LogP contribution is 2.31. The van der Waals surface area contributed by atoms with Gasteiger partial charge in [-0.3, -0.25) is 4.79 Å². The van der Waals surface area contributed by atoms with Crippen LogP contribution in [0.5, 0.6) is 0 Å². The van der Waals surface area contributed by atoms with Crippen LogP contribution >= 0.6 is 23.2 Å². The van der Waals surface area contributed by atoms with Crippen LogP contribution in [0.4, 0.5) is 17.3 Å². The van der Waals surface area contributed by atoms with Crippen molar-refractivity contribution in [3.05, 3.63) is 75.5 Å². The number of rotatable bonds is 4. The highest BCUT2D eigenvalue weighted by Gasteiger charge is 2.13. The molecule has 0 unspecified atom stereocenters. The number of anilines is 3. The molecule has 1 amide bonds. The van der Waals surface area contributed by atoms with Crippen LogP contribution < -0.4 is 10.6 Å². The zero-order valence-electron chi connectivity index (χ0n) is 14.2. The Balaban J connectivity index is 1.85. The Kier molecular flexibility index (Phi) is 5.40. The molecule has 0 atom stereocenters. The van der Waals surface area contributed by atoms with Gasteiger partial charge in [0.1, 0.15) is 5.69 Å². The van der Waals surface area contributed by atoms with Crippen molar-refractivity contribution in [3.8, 4) is 0 Å². The highest BCUT2D eigenvalue weighted by atomic mass is 35.5. The van der Waals surface area contributed by atoms with Gasteiger partial charge in [-0.2, -0.15) is 0 Å². The molecule has 0 saturated heterocycles. The molecule has 0 spiro atoms. The van der Waals surface area contributed by atoms with E-state index in [1.807, 2.05) is 31.2 Å². The molecule has 0 aliphatic carbocycles. The lowest BCUT2D eigenvalue weighted by atomic mass is 10.2. The number of aryl methyl sites for hydroxylation is 2. The number of aromatic nitrogens is 2. The third kappa shape index (κ3) is 4.31. The molecule has 3 rings (SSSR count). The van der Waals surface area contributed by atoms with Crippen LogP contribution in [-0.2, 0) is 0 Å². The molecule has 1 aromatic heterocycles. The molecule has 26 heavy (non-hydrogen) atoms. The summed E-state index contributed by atoms with van der Waals surface area (Å²) in [6, 6.07) is 14.4. The minimum atomic E-state index is -0.318. The van der Waals surface area contributed by atoms with Gasteiger partial charge in [-0.05, 0) is 49.7 Å². The predicted molar refractivity (Wildman–Crippen MR) is 106 cm³/mol. The summed E-state index contributed by atoms with van der Waals surface area (Å²) in [6.45, 7) is 3.75. The predicted octanol–water partition coefficient (Wildman–Crippen LogP) is 5.40. The van der Waals surface area contributed by atoms with Gasteiger partial charge in [0.25, 0.3) is 5.91 Å². The number of amides is 1. The van der Waals surface area contributed by atoms with Gasteiger partial charge in [0.05, 0.1) is 15.7 Å². The first-order valence-corrected chi connectivity index (χ1v) is 8.63. The van der Waals surface area contributed by atoms with Gasteiger partial charge in [-0.25, -0.2) is 9.97 Å². The van der Waals surface area contributed by atoms with Gasteiger partial charge >= 0.3 is 0 Å². The Hall–Kier alpha value is -2.63. The highest BCUT2D eigenvalue weighted by molar-refractivity contribution is 6.43. The van der Waals surface area contributed by atoms with E-state index in [1.54, 1.807) is 31.2 Å². The van der Waals surface area contributed by atoms with Gasteiger partial charge in [-0.15, -0.1) is 0 Å². The topological polar surface area (TPSA) is 66.9 Å². The van der Waals surface area contributed by atoms with Crippen molar-refractivity contribution in [2.75, 3.05) is 10.6 Å². The Labute approximate surface area is 161 Å². The van der Waals surface area contributed by atoms with E-state index >= 15 is 0 Å². The van der Waals surface area contributed by atoms with Crippen molar-refractivity contribution in [1.82, 2.24) is 9.97 Å². The SMILES string of the molecule is Cc1cccc(NC(=O)c2cc(C)nc(Nc3cccc(Cl)c3Cl)n2)c1. The van der Waals surface area contributed by atoms with Gasteiger partial charge < -0.3 is 10.6 Å². The molecule has 0 aliphatic heterocycles. The second kappa shape index (κ2) is 7.72. The zero-order chi connectivity index (χ0) is 18.7. The van der Waals surface area contributed by atoms with E-state index in [0.717, 1.165) is 5.56 Å². The average molecular weight is 387 g/mol. The number of nitrogens with zero attached hydrogens (tertiary/aromatic N) is 2. The minimum absolute atomic E-state index is 0.250. The monoisotopic (exact) mass is 386 g/mol. The summed E-state index contributed by atoms with van der Waals surface area (Å²) >= 11 is 12.2. The normalized spacial score (nSPS) is 10.5. The van der Waals surface area contributed by atoms with Crippen molar-refractivity contribution in [1.29, 1.82) is 0 Å². The fourth-order valence-electron chi connectivity index (χ4n) is 2.38. The number of hydrogen-bond donors (Lipinski definition) is 2. The molecule has 132 valence electrons. The standard InChI is InChI=1S/C19H16Cl2N4O/c1-11-5-3-6-13(9-11)23-18(26)16-10-12(2)22-19(25-16)24-15-8-4-7-14(20)17(15)21/h3-10H,1-2H3,(H,23,26)(H,22,24,25). The minimum Gasteiger partial charge on any atom is -0.323 e. The number of carbonyl (C=O) groups is 1. The Morgan fingerprint density at radius 2 is 1.77 bits per heavy atom. The molecular weight excluding hydrogens is 371 g/mol. The van der Waals surface area contributed by atoms with Crippen LogP contribution in [0.1, 0.15) is 21.7 Å². The quantitative estimate of drug-likeness (QED) is 0.629. The second-order valence-corrected chi connectivity index (χ2v) is 6.55. The Bertz CT molecular complexity index is 976. The fraction of sp³-hybridized carbons (Fsp3) is 0.105. The smallest absolute Gasteiger partial charge is 0.274 e. The molecule has 0 bridgehead atoms.